The number of fused-ring (bicyclic) bond motifs is 3. The molecule has 5 aromatic rings. The first-order valence-corrected chi connectivity index (χ1v) is 10.8. The third-order valence-corrected chi connectivity index (χ3v) is 5.89. The fraction of sp³-hybridized carbons (Fsp3) is 0.115. The normalized spacial score (nSPS) is 11.8. The lowest BCUT2D eigenvalue weighted by Crippen LogP contribution is -2.23. The van der Waals surface area contributed by atoms with Crippen LogP contribution in [0, 0.1) is 0 Å². The lowest BCUT2D eigenvalue weighted by atomic mass is 10.1. The molecule has 0 unspecified atom stereocenters. The van der Waals surface area contributed by atoms with E-state index in [0.717, 1.165) is 17.7 Å². The van der Waals surface area contributed by atoms with E-state index in [2.05, 4.69) is 10.5 Å². The summed E-state index contributed by atoms with van der Waals surface area (Å²) < 4.78 is 45.9. The highest BCUT2D eigenvalue weighted by Gasteiger charge is 2.30. The van der Waals surface area contributed by atoms with Crippen molar-refractivity contribution in [2.75, 3.05) is 0 Å². The molecule has 7 nitrogen and oxygen atoms in total. The maximum Gasteiger partial charge on any atom is 0.416 e. The molecule has 0 bridgehead atoms. The molecule has 2 aromatic heterocycles. The summed E-state index contributed by atoms with van der Waals surface area (Å²) in [5.41, 5.74) is 2.16. The number of nitrogens with one attached hydrogen (secondary N) is 1. The van der Waals surface area contributed by atoms with Gasteiger partial charge in [0.2, 0.25) is 0 Å². The zero-order chi connectivity index (χ0) is 25.4. The second-order valence-corrected chi connectivity index (χ2v) is 8.25. The molecule has 0 saturated carbocycles. The van der Waals surface area contributed by atoms with Crippen LogP contribution in [-0.2, 0) is 19.3 Å². The van der Waals surface area contributed by atoms with E-state index < -0.39 is 17.7 Å². The molecule has 10 heteroatoms. The van der Waals surface area contributed by atoms with Crippen molar-refractivity contribution in [2.45, 2.75) is 19.3 Å². The van der Waals surface area contributed by atoms with Crippen molar-refractivity contribution in [1.29, 1.82) is 0 Å². The standard InChI is InChI=1S/C26H18F3N3O4/c27-26(28,29)19-7-3-16(4-8-19)14-32-10-9-20-22(32)21(11-18-13-31-36-23(18)20)24(33)30-12-15-1-5-17(6-2-15)25(34)35/h1-11,13H,12,14H2,(H,30,33)(H,34,35). The Morgan fingerprint density at radius 3 is 2.36 bits per heavy atom. The minimum absolute atomic E-state index is 0.144. The molecule has 0 spiro atoms. The molecule has 36 heavy (non-hydrogen) atoms. The van der Waals surface area contributed by atoms with E-state index in [9.17, 15) is 22.8 Å². The van der Waals surface area contributed by atoms with Crippen LogP contribution >= 0.6 is 0 Å². The van der Waals surface area contributed by atoms with E-state index in [1.165, 1.54) is 30.5 Å². The van der Waals surface area contributed by atoms with Crippen LogP contribution < -0.4 is 5.32 Å². The number of halogens is 3. The second kappa shape index (κ2) is 8.88. The Balaban J connectivity index is 1.46. The first-order chi connectivity index (χ1) is 17.2. The lowest BCUT2D eigenvalue weighted by molar-refractivity contribution is -0.137. The van der Waals surface area contributed by atoms with Gasteiger partial charge >= 0.3 is 12.1 Å². The highest BCUT2D eigenvalue weighted by atomic mass is 19.4. The van der Waals surface area contributed by atoms with Gasteiger partial charge in [0.15, 0.2) is 5.58 Å². The monoisotopic (exact) mass is 493 g/mol. The van der Waals surface area contributed by atoms with Gasteiger partial charge in [-0.2, -0.15) is 13.2 Å². The van der Waals surface area contributed by atoms with Gasteiger partial charge in [-0.15, -0.1) is 0 Å². The number of amides is 1. The largest absolute Gasteiger partial charge is 0.478 e. The van der Waals surface area contributed by atoms with Crippen LogP contribution in [0.2, 0.25) is 0 Å². The highest BCUT2D eigenvalue weighted by Crippen LogP contribution is 2.32. The van der Waals surface area contributed by atoms with Crippen molar-refractivity contribution in [3.05, 3.63) is 101 Å². The topological polar surface area (TPSA) is 97.4 Å². The average Bonchev–Trinajstić information content (AvgIpc) is 3.49. The van der Waals surface area contributed by atoms with Gasteiger partial charge in [0.1, 0.15) is 0 Å². The SMILES string of the molecule is O=C(O)c1ccc(CNC(=O)c2cc3cnoc3c3ccn(Cc4ccc(C(F)(F)F)cc4)c23)cc1. The van der Waals surface area contributed by atoms with Gasteiger partial charge in [0, 0.05) is 30.1 Å². The zero-order valence-electron chi connectivity index (χ0n) is 18.5. The maximum absolute atomic E-state index is 13.2. The molecule has 0 aliphatic heterocycles. The number of hydrogen-bond donors (Lipinski definition) is 2. The van der Waals surface area contributed by atoms with E-state index in [1.807, 2.05) is 0 Å². The van der Waals surface area contributed by atoms with Crippen LogP contribution in [0.5, 0.6) is 0 Å². The molecule has 0 radical (unpaired) electrons. The number of aromatic carboxylic acids is 1. The van der Waals surface area contributed by atoms with Crippen LogP contribution in [0.15, 0.2) is 77.6 Å². The summed E-state index contributed by atoms with van der Waals surface area (Å²) in [6.07, 6.45) is -1.18. The Bertz CT molecular complexity index is 1580. The first-order valence-electron chi connectivity index (χ1n) is 10.8. The number of carbonyl (C=O) groups is 2. The first kappa shape index (κ1) is 23.2. The van der Waals surface area contributed by atoms with Crippen molar-refractivity contribution in [2.24, 2.45) is 0 Å². The average molecular weight is 493 g/mol. The molecule has 0 fully saturated rings. The summed E-state index contributed by atoms with van der Waals surface area (Å²) in [5, 5.41) is 17.0. The summed E-state index contributed by atoms with van der Waals surface area (Å²) in [7, 11) is 0. The fourth-order valence-electron chi connectivity index (χ4n) is 4.08. The number of carbonyl (C=O) groups excluding carboxylic acids is 1. The number of hydrogen-bond acceptors (Lipinski definition) is 4. The van der Waals surface area contributed by atoms with Crippen LogP contribution in [0.1, 0.15) is 37.4 Å². The molecule has 3 aromatic carbocycles. The van der Waals surface area contributed by atoms with E-state index in [-0.39, 0.29) is 24.6 Å². The lowest BCUT2D eigenvalue weighted by Gasteiger charge is -2.12. The summed E-state index contributed by atoms with van der Waals surface area (Å²) in [6, 6.07) is 14.4. The summed E-state index contributed by atoms with van der Waals surface area (Å²) in [5.74, 6) is -1.42. The molecule has 0 aliphatic rings. The van der Waals surface area contributed by atoms with E-state index in [1.54, 1.807) is 35.0 Å². The van der Waals surface area contributed by atoms with Crippen LogP contribution in [0.25, 0.3) is 21.9 Å². The Morgan fingerprint density at radius 1 is 1.00 bits per heavy atom. The van der Waals surface area contributed by atoms with Crippen molar-refractivity contribution in [3.63, 3.8) is 0 Å². The van der Waals surface area contributed by atoms with E-state index in [4.69, 9.17) is 9.63 Å². The number of rotatable bonds is 6. The van der Waals surface area contributed by atoms with Gasteiger partial charge in [-0.05, 0) is 47.5 Å². The number of carboxylic acid groups (broad SMARTS) is 1. The van der Waals surface area contributed by atoms with Crippen molar-refractivity contribution >= 4 is 33.7 Å². The molecule has 0 atom stereocenters. The predicted molar refractivity (Wildman–Crippen MR) is 125 cm³/mol. The molecule has 0 aliphatic carbocycles. The number of aromatic nitrogens is 2. The Labute approximate surface area is 201 Å². The number of alkyl halides is 3. The number of carboxylic acids is 1. The summed E-state index contributed by atoms with van der Waals surface area (Å²) in [6.45, 7) is 0.403. The van der Waals surface area contributed by atoms with Crippen LogP contribution in [0.3, 0.4) is 0 Å². The maximum atomic E-state index is 13.2. The van der Waals surface area contributed by atoms with Crippen LogP contribution in [-0.4, -0.2) is 26.7 Å². The molecule has 2 heterocycles. The highest BCUT2D eigenvalue weighted by molar-refractivity contribution is 6.14. The van der Waals surface area contributed by atoms with Crippen molar-refractivity contribution in [1.82, 2.24) is 15.0 Å². The van der Waals surface area contributed by atoms with Gasteiger partial charge < -0.3 is 19.5 Å². The fourth-order valence-corrected chi connectivity index (χ4v) is 4.08. The Kier molecular flexibility index (Phi) is 5.71. The summed E-state index contributed by atoms with van der Waals surface area (Å²) >= 11 is 0. The van der Waals surface area contributed by atoms with E-state index in [0.29, 0.717) is 33.0 Å². The Morgan fingerprint density at radius 2 is 1.69 bits per heavy atom. The summed E-state index contributed by atoms with van der Waals surface area (Å²) in [4.78, 5) is 24.3. The molecular formula is C26H18F3N3O4. The smallest absolute Gasteiger partial charge is 0.416 e. The molecular weight excluding hydrogens is 475 g/mol. The molecule has 1 amide bonds. The molecule has 0 saturated heterocycles. The molecule has 5 rings (SSSR count). The number of nitrogens with zero attached hydrogens (tertiary/aromatic N) is 2. The van der Waals surface area contributed by atoms with Gasteiger partial charge in [-0.25, -0.2) is 4.79 Å². The quantitative estimate of drug-likeness (QED) is 0.327. The van der Waals surface area contributed by atoms with Crippen molar-refractivity contribution in [3.8, 4) is 0 Å². The van der Waals surface area contributed by atoms with Crippen molar-refractivity contribution < 1.29 is 32.4 Å². The third kappa shape index (κ3) is 4.40. The van der Waals surface area contributed by atoms with Gasteiger partial charge in [-0.1, -0.05) is 29.4 Å². The second-order valence-electron chi connectivity index (χ2n) is 8.25. The van der Waals surface area contributed by atoms with Gasteiger partial charge in [0.25, 0.3) is 5.91 Å². The predicted octanol–water partition coefficient (Wildman–Crippen LogP) is 5.48. The molecule has 2 N–H and O–H groups in total. The molecule has 182 valence electrons. The minimum atomic E-state index is -4.42. The van der Waals surface area contributed by atoms with Crippen LogP contribution in [0.4, 0.5) is 13.2 Å². The number of benzene rings is 3. The zero-order valence-corrected chi connectivity index (χ0v) is 18.5. The minimum Gasteiger partial charge on any atom is -0.478 e. The Hall–Kier alpha value is -4.60. The van der Waals surface area contributed by atoms with Gasteiger partial charge in [-0.3, -0.25) is 4.79 Å². The van der Waals surface area contributed by atoms with E-state index >= 15 is 0 Å². The third-order valence-electron chi connectivity index (χ3n) is 5.89. The van der Waals surface area contributed by atoms with Gasteiger partial charge in [0.05, 0.1) is 28.4 Å².